The molecule has 5 heteroatoms. The number of aliphatic hydroxyl groups is 1. The third kappa shape index (κ3) is 3.37. The fraction of sp³-hybridized carbons (Fsp3) is 0.800. The van der Waals surface area contributed by atoms with Crippen molar-refractivity contribution in [2.45, 2.75) is 52.7 Å². The molecule has 112 valence electrons. The number of unbranched alkanes of at least 4 members (excludes halogenated alkanes) is 1. The minimum Gasteiger partial charge on any atom is -0.372 e. The maximum atomic E-state index is 12.2. The highest BCUT2D eigenvalue weighted by Crippen LogP contribution is 2.28. The van der Waals surface area contributed by atoms with Crippen LogP contribution in [0.5, 0.6) is 0 Å². The zero-order valence-electron chi connectivity index (χ0n) is 12.6. The summed E-state index contributed by atoms with van der Waals surface area (Å²) in [6, 6.07) is 2.03. The van der Waals surface area contributed by atoms with Crippen molar-refractivity contribution in [2.24, 2.45) is 17.8 Å². The molecule has 0 bridgehead atoms. The van der Waals surface area contributed by atoms with Gasteiger partial charge in [0, 0.05) is 12.5 Å². The summed E-state index contributed by atoms with van der Waals surface area (Å²) < 4.78 is 0. The number of piperidine rings is 1. The number of nitrogens with zero attached hydrogens (tertiary/aromatic N) is 2. The minimum atomic E-state index is -1.09. The molecule has 4 atom stereocenters. The van der Waals surface area contributed by atoms with Gasteiger partial charge in [-0.2, -0.15) is 5.26 Å². The molecule has 0 spiro atoms. The lowest BCUT2D eigenvalue weighted by Crippen LogP contribution is -2.57. The summed E-state index contributed by atoms with van der Waals surface area (Å²) in [7, 11) is 0. The van der Waals surface area contributed by atoms with Crippen molar-refractivity contribution >= 4 is 11.6 Å². The van der Waals surface area contributed by atoms with E-state index in [4.69, 9.17) is 10.7 Å². The zero-order valence-corrected chi connectivity index (χ0v) is 12.6. The van der Waals surface area contributed by atoms with E-state index in [0.29, 0.717) is 12.5 Å². The summed E-state index contributed by atoms with van der Waals surface area (Å²) in [5.41, 5.74) is -0.0628. The first-order valence-corrected chi connectivity index (χ1v) is 7.44. The van der Waals surface area contributed by atoms with Gasteiger partial charge in [0.2, 0.25) is 0 Å². The zero-order chi connectivity index (χ0) is 15.3. The Balaban J connectivity index is 2.83. The van der Waals surface area contributed by atoms with Gasteiger partial charge in [0.25, 0.3) is 5.91 Å². The van der Waals surface area contributed by atoms with Gasteiger partial charge in [-0.05, 0) is 12.3 Å². The normalized spacial score (nSPS) is 28.4. The molecule has 1 amide bonds. The van der Waals surface area contributed by atoms with E-state index in [0.717, 1.165) is 25.7 Å². The topological polar surface area (TPSA) is 88.2 Å². The Morgan fingerprint density at radius 3 is 2.65 bits per heavy atom. The number of likely N-dealkylation sites (tertiary alicyclic amines) is 1. The molecule has 0 aliphatic carbocycles. The van der Waals surface area contributed by atoms with Crippen molar-refractivity contribution in [3.05, 3.63) is 0 Å². The predicted octanol–water partition coefficient (Wildman–Crippen LogP) is 2.16. The summed E-state index contributed by atoms with van der Waals surface area (Å²) in [5, 5.41) is 27.2. The monoisotopic (exact) mass is 279 g/mol. The number of nitriles is 1. The highest BCUT2D eigenvalue weighted by molar-refractivity contribution is 6.38. The van der Waals surface area contributed by atoms with Crippen molar-refractivity contribution in [1.82, 2.24) is 4.90 Å². The Morgan fingerprint density at radius 2 is 2.15 bits per heavy atom. The second-order valence-corrected chi connectivity index (χ2v) is 5.64. The first-order chi connectivity index (χ1) is 9.47. The Bertz CT molecular complexity index is 402. The molecule has 0 aromatic rings. The van der Waals surface area contributed by atoms with Gasteiger partial charge < -0.3 is 10.0 Å². The van der Waals surface area contributed by atoms with Crippen molar-refractivity contribution in [2.75, 3.05) is 6.54 Å². The van der Waals surface area contributed by atoms with Crippen LogP contribution < -0.4 is 0 Å². The number of carbonyl (C=O) groups is 1. The molecule has 1 aliphatic rings. The summed E-state index contributed by atoms with van der Waals surface area (Å²) in [4.78, 5) is 13.5. The molecule has 20 heavy (non-hydrogen) atoms. The van der Waals surface area contributed by atoms with Crippen molar-refractivity contribution in [1.29, 1.82) is 10.7 Å². The van der Waals surface area contributed by atoms with Gasteiger partial charge in [-0.15, -0.1) is 0 Å². The van der Waals surface area contributed by atoms with Crippen LogP contribution in [-0.2, 0) is 4.79 Å². The van der Waals surface area contributed by atoms with Gasteiger partial charge in [-0.1, -0.05) is 40.0 Å². The average molecular weight is 279 g/mol. The maximum Gasteiger partial charge on any atom is 0.269 e. The first kappa shape index (κ1) is 16.6. The average Bonchev–Trinajstić information content (AvgIpc) is 2.45. The SMILES string of the molecule is CCCCC(CC)CN1C(=O)C(=N)C(C)C(C#N)C1O. The summed E-state index contributed by atoms with van der Waals surface area (Å²) >= 11 is 0. The molecule has 1 saturated heterocycles. The van der Waals surface area contributed by atoms with Crippen molar-refractivity contribution in [3.63, 3.8) is 0 Å². The van der Waals surface area contributed by atoms with Gasteiger partial charge in [0.1, 0.15) is 11.9 Å². The first-order valence-electron chi connectivity index (χ1n) is 7.44. The van der Waals surface area contributed by atoms with E-state index in [-0.39, 0.29) is 5.71 Å². The van der Waals surface area contributed by atoms with Crippen LogP contribution in [-0.4, -0.2) is 34.4 Å². The molecule has 1 fully saturated rings. The number of hydrogen-bond donors (Lipinski definition) is 2. The predicted molar refractivity (Wildman–Crippen MR) is 77.0 cm³/mol. The summed E-state index contributed by atoms with van der Waals surface area (Å²) in [5.74, 6) is -1.32. The Labute approximate surface area is 121 Å². The largest absolute Gasteiger partial charge is 0.372 e. The minimum absolute atomic E-state index is 0.0628. The lowest BCUT2D eigenvalue weighted by Gasteiger charge is -2.40. The molecule has 0 aromatic heterocycles. The van der Waals surface area contributed by atoms with Crippen LogP contribution in [0.15, 0.2) is 0 Å². The standard InChI is InChI=1S/C15H25N3O2/c1-4-6-7-11(5-2)9-18-14(19)12(8-16)10(3)13(17)15(18)20/h10-12,14,17,19H,4-7,9H2,1-3H3. The fourth-order valence-corrected chi connectivity index (χ4v) is 2.67. The van der Waals surface area contributed by atoms with Gasteiger partial charge in [0.15, 0.2) is 0 Å². The number of hydrogen-bond acceptors (Lipinski definition) is 4. The van der Waals surface area contributed by atoms with Gasteiger partial charge in [0.05, 0.1) is 12.0 Å². The van der Waals surface area contributed by atoms with Crippen LogP contribution in [0, 0.1) is 34.5 Å². The molecule has 0 aromatic carbocycles. The number of carbonyl (C=O) groups excluding carboxylic acids is 1. The second-order valence-electron chi connectivity index (χ2n) is 5.64. The molecule has 2 N–H and O–H groups in total. The fourth-order valence-electron chi connectivity index (χ4n) is 2.67. The Hall–Kier alpha value is -1.41. The van der Waals surface area contributed by atoms with E-state index >= 15 is 0 Å². The van der Waals surface area contributed by atoms with E-state index in [1.807, 2.05) is 6.07 Å². The molecule has 1 rings (SSSR count). The van der Waals surface area contributed by atoms with Crippen LogP contribution in [0.25, 0.3) is 0 Å². The van der Waals surface area contributed by atoms with E-state index in [1.165, 1.54) is 4.90 Å². The van der Waals surface area contributed by atoms with Crippen LogP contribution in [0.2, 0.25) is 0 Å². The summed E-state index contributed by atoms with van der Waals surface area (Å²) in [6.45, 7) is 6.28. The number of rotatable bonds is 6. The second kappa shape index (κ2) is 7.39. The molecule has 4 unspecified atom stereocenters. The number of aliphatic hydroxyl groups excluding tert-OH is 1. The van der Waals surface area contributed by atoms with E-state index in [1.54, 1.807) is 6.92 Å². The molecule has 0 radical (unpaired) electrons. The number of nitrogens with one attached hydrogen (secondary N) is 1. The third-order valence-electron chi connectivity index (χ3n) is 4.27. The number of amides is 1. The van der Waals surface area contributed by atoms with Crippen LogP contribution in [0.4, 0.5) is 0 Å². The lowest BCUT2D eigenvalue weighted by molar-refractivity contribution is -0.142. The van der Waals surface area contributed by atoms with Crippen molar-refractivity contribution < 1.29 is 9.90 Å². The smallest absolute Gasteiger partial charge is 0.269 e. The highest BCUT2D eigenvalue weighted by atomic mass is 16.3. The van der Waals surface area contributed by atoms with Gasteiger partial charge in [-0.25, -0.2) is 0 Å². The van der Waals surface area contributed by atoms with Crippen LogP contribution >= 0.6 is 0 Å². The van der Waals surface area contributed by atoms with Gasteiger partial charge in [-0.3, -0.25) is 10.2 Å². The highest BCUT2D eigenvalue weighted by Gasteiger charge is 2.43. The Morgan fingerprint density at radius 1 is 1.50 bits per heavy atom. The molecular weight excluding hydrogens is 254 g/mol. The molecule has 1 aliphatic heterocycles. The van der Waals surface area contributed by atoms with Crippen molar-refractivity contribution in [3.8, 4) is 6.07 Å². The third-order valence-corrected chi connectivity index (χ3v) is 4.27. The quantitative estimate of drug-likeness (QED) is 0.781. The molecule has 1 heterocycles. The molecule has 0 saturated carbocycles. The van der Waals surface area contributed by atoms with Crippen LogP contribution in [0.3, 0.4) is 0 Å². The van der Waals surface area contributed by atoms with E-state index < -0.39 is 24.0 Å². The van der Waals surface area contributed by atoms with E-state index in [9.17, 15) is 9.90 Å². The van der Waals surface area contributed by atoms with Crippen LogP contribution in [0.1, 0.15) is 46.5 Å². The maximum absolute atomic E-state index is 12.2. The molecular formula is C15H25N3O2. The Kier molecular flexibility index (Phi) is 6.15. The van der Waals surface area contributed by atoms with E-state index in [2.05, 4.69) is 13.8 Å². The molecule has 5 nitrogen and oxygen atoms in total. The van der Waals surface area contributed by atoms with Gasteiger partial charge >= 0.3 is 0 Å². The summed E-state index contributed by atoms with van der Waals surface area (Å²) in [6.07, 6.45) is 3.03. The lowest BCUT2D eigenvalue weighted by atomic mass is 9.83.